The molecule has 0 spiro atoms. The average molecular weight is 412 g/mol. The monoisotopic (exact) mass is 411 g/mol. The number of rotatable bonds is 4. The van der Waals surface area contributed by atoms with Gasteiger partial charge < -0.3 is 10.2 Å². The van der Waals surface area contributed by atoms with E-state index < -0.39 is 0 Å². The average Bonchev–Trinajstić information content (AvgIpc) is 2.70. The van der Waals surface area contributed by atoms with Crippen LogP contribution in [0.1, 0.15) is 24.5 Å². The normalized spacial score (nSPS) is 19.7. The summed E-state index contributed by atoms with van der Waals surface area (Å²) in [5.41, 5.74) is 4.24. The summed E-state index contributed by atoms with van der Waals surface area (Å²) in [4.78, 5) is 28.7. The molecule has 0 aromatic heterocycles. The first-order chi connectivity index (χ1) is 14.0. The van der Waals surface area contributed by atoms with Gasteiger partial charge in [-0.1, -0.05) is 17.7 Å². The van der Waals surface area contributed by atoms with Crippen LogP contribution in [0.25, 0.3) is 0 Å². The van der Waals surface area contributed by atoms with E-state index in [2.05, 4.69) is 22.0 Å². The number of benzene rings is 2. The molecule has 1 amide bonds. The molecule has 0 saturated carbocycles. The quantitative estimate of drug-likeness (QED) is 0.836. The van der Waals surface area contributed by atoms with Crippen molar-refractivity contribution in [2.45, 2.75) is 32.2 Å². The maximum Gasteiger partial charge on any atom is 0.238 e. The van der Waals surface area contributed by atoms with Crippen molar-refractivity contribution in [2.24, 2.45) is 0 Å². The zero-order valence-electron chi connectivity index (χ0n) is 16.7. The molecule has 1 fully saturated rings. The summed E-state index contributed by atoms with van der Waals surface area (Å²) in [6.07, 6.45) is 1.88. The second kappa shape index (κ2) is 8.56. The van der Waals surface area contributed by atoms with Crippen LogP contribution in [-0.2, 0) is 22.4 Å². The highest BCUT2D eigenvalue weighted by atomic mass is 35.5. The molecule has 1 aliphatic carbocycles. The van der Waals surface area contributed by atoms with Gasteiger partial charge in [-0.3, -0.25) is 14.5 Å². The van der Waals surface area contributed by atoms with E-state index in [4.69, 9.17) is 11.6 Å². The molecule has 1 atom stereocenters. The van der Waals surface area contributed by atoms with Crippen LogP contribution in [0.4, 0.5) is 11.4 Å². The highest BCUT2D eigenvalue weighted by molar-refractivity contribution is 6.30. The third kappa shape index (κ3) is 4.80. The van der Waals surface area contributed by atoms with Crippen LogP contribution in [0.5, 0.6) is 0 Å². The van der Waals surface area contributed by atoms with Crippen molar-refractivity contribution in [3.8, 4) is 0 Å². The van der Waals surface area contributed by atoms with Gasteiger partial charge >= 0.3 is 0 Å². The second-order valence-electron chi connectivity index (χ2n) is 7.99. The standard InChI is InChI=1S/C23H26ClN3O2/c1-16-14-27(21-7-4-19(24)5-8-21)11-10-26(16)15-23(29)25-20-6-2-18-13-22(28)9-3-17(18)12-20/h2,4-8,12,16H,3,9-11,13-15H2,1H3,(H,25,29)/t16-/m1/s1. The number of Topliss-reactive ketones (excluding diaryl/α,β-unsaturated/α-hetero) is 1. The largest absolute Gasteiger partial charge is 0.369 e. The zero-order chi connectivity index (χ0) is 20.4. The Bertz CT molecular complexity index is 913. The zero-order valence-corrected chi connectivity index (χ0v) is 17.4. The predicted octanol–water partition coefficient (Wildman–Crippen LogP) is 3.55. The van der Waals surface area contributed by atoms with Gasteiger partial charge in [-0.2, -0.15) is 0 Å². The first kappa shape index (κ1) is 19.9. The van der Waals surface area contributed by atoms with E-state index in [1.165, 1.54) is 5.56 Å². The number of aryl methyl sites for hydroxylation is 1. The van der Waals surface area contributed by atoms with E-state index in [9.17, 15) is 9.59 Å². The van der Waals surface area contributed by atoms with Crippen molar-refractivity contribution in [2.75, 3.05) is 36.4 Å². The van der Waals surface area contributed by atoms with Crippen molar-refractivity contribution < 1.29 is 9.59 Å². The molecule has 1 aliphatic heterocycles. The fourth-order valence-corrected chi connectivity index (χ4v) is 4.31. The van der Waals surface area contributed by atoms with Crippen molar-refractivity contribution in [1.29, 1.82) is 0 Å². The number of carbonyl (C=O) groups is 2. The van der Waals surface area contributed by atoms with Crippen molar-refractivity contribution in [3.63, 3.8) is 0 Å². The maximum atomic E-state index is 12.6. The molecule has 152 valence electrons. The van der Waals surface area contributed by atoms with Crippen molar-refractivity contribution in [3.05, 3.63) is 58.6 Å². The van der Waals surface area contributed by atoms with Gasteiger partial charge in [0.05, 0.1) is 6.54 Å². The lowest BCUT2D eigenvalue weighted by molar-refractivity contribution is -0.119. The van der Waals surface area contributed by atoms with E-state index in [-0.39, 0.29) is 11.9 Å². The van der Waals surface area contributed by atoms with Crippen LogP contribution in [0.3, 0.4) is 0 Å². The van der Waals surface area contributed by atoms with E-state index >= 15 is 0 Å². The number of nitrogens with one attached hydrogen (secondary N) is 1. The first-order valence-corrected chi connectivity index (χ1v) is 10.5. The minimum Gasteiger partial charge on any atom is -0.369 e. The third-order valence-corrected chi connectivity index (χ3v) is 6.11. The van der Waals surface area contributed by atoms with Crippen LogP contribution in [0, 0.1) is 0 Å². The molecule has 1 heterocycles. The lowest BCUT2D eigenvalue weighted by Crippen LogP contribution is -2.53. The summed E-state index contributed by atoms with van der Waals surface area (Å²) in [5.74, 6) is 0.296. The number of anilines is 2. The van der Waals surface area contributed by atoms with Crippen LogP contribution in [-0.4, -0.2) is 48.8 Å². The van der Waals surface area contributed by atoms with Gasteiger partial charge in [0.15, 0.2) is 0 Å². The summed E-state index contributed by atoms with van der Waals surface area (Å²) in [6.45, 7) is 5.13. The lowest BCUT2D eigenvalue weighted by atomic mass is 9.90. The Labute approximate surface area is 176 Å². The highest BCUT2D eigenvalue weighted by Gasteiger charge is 2.25. The van der Waals surface area contributed by atoms with Gasteiger partial charge in [-0.05, 0) is 60.9 Å². The molecular formula is C23H26ClN3O2. The molecule has 5 nitrogen and oxygen atoms in total. The first-order valence-electron chi connectivity index (χ1n) is 10.2. The predicted molar refractivity (Wildman–Crippen MR) is 117 cm³/mol. The molecular weight excluding hydrogens is 386 g/mol. The molecule has 2 aromatic carbocycles. The summed E-state index contributed by atoms with van der Waals surface area (Å²) in [5, 5.41) is 3.77. The summed E-state index contributed by atoms with van der Waals surface area (Å²) >= 11 is 5.99. The molecule has 0 bridgehead atoms. The Morgan fingerprint density at radius 2 is 1.90 bits per heavy atom. The van der Waals surface area contributed by atoms with E-state index in [0.29, 0.717) is 25.2 Å². The highest BCUT2D eigenvalue weighted by Crippen LogP contribution is 2.24. The van der Waals surface area contributed by atoms with Gasteiger partial charge in [0.1, 0.15) is 5.78 Å². The Balaban J connectivity index is 1.32. The minimum atomic E-state index is 0.00336. The number of amides is 1. The lowest BCUT2D eigenvalue weighted by Gasteiger charge is -2.40. The number of carbonyl (C=O) groups excluding carboxylic acids is 2. The molecule has 0 unspecified atom stereocenters. The third-order valence-electron chi connectivity index (χ3n) is 5.85. The topological polar surface area (TPSA) is 52.6 Å². The van der Waals surface area contributed by atoms with E-state index in [0.717, 1.165) is 48.0 Å². The molecule has 29 heavy (non-hydrogen) atoms. The van der Waals surface area contributed by atoms with Crippen LogP contribution in [0.15, 0.2) is 42.5 Å². The van der Waals surface area contributed by atoms with Crippen LogP contribution in [0.2, 0.25) is 5.02 Å². The van der Waals surface area contributed by atoms with E-state index in [1.807, 2.05) is 42.5 Å². The van der Waals surface area contributed by atoms with Crippen LogP contribution >= 0.6 is 11.6 Å². The molecule has 0 radical (unpaired) electrons. The smallest absolute Gasteiger partial charge is 0.238 e. The summed E-state index contributed by atoms with van der Waals surface area (Å²) < 4.78 is 0. The molecule has 1 saturated heterocycles. The molecule has 2 aromatic rings. The summed E-state index contributed by atoms with van der Waals surface area (Å²) in [6, 6.07) is 14.1. The molecule has 4 rings (SSSR count). The van der Waals surface area contributed by atoms with Gasteiger partial charge in [0.2, 0.25) is 5.91 Å². The van der Waals surface area contributed by atoms with Crippen molar-refractivity contribution in [1.82, 2.24) is 4.90 Å². The molecule has 6 heteroatoms. The van der Waals surface area contributed by atoms with E-state index in [1.54, 1.807) is 0 Å². The SMILES string of the molecule is C[C@@H]1CN(c2ccc(Cl)cc2)CCN1CC(=O)Nc1ccc2c(c1)CCC(=O)C2. The second-order valence-corrected chi connectivity index (χ2v) is 8.43. The number of halogens is 1. The molecule has 1 N–H and O–H groups in total. The number of ketones is 1. The fourth-order valence-electron chi connectivity index (χ4n) is 4.19. The number of hydrogen-bond acceptors (Lipinski definition) is 4. The van der Waals surface area contributed by atoms with Crippen molar-refractivity contribution >= 4 is 34.7 Å². The fraction of sp³-hybridized carbons (Fsp3) is 0.391. The number of nitrogens with zero attached hydrogens (tertiary/aromatic N) is 2. The minimum absolute atomic E-state index is 0.00336. The maximum absolute atomic E-state index is 12.6. The van der Waals surface area contributed by atoms with Gasteiger partial charge in [-0.25, -0.2) is 0 Å². The van der Waals surface area contributed by atoms with Gasteiger partial charge in [0, 0.05) is 54.9 Å². The Morgan fingerprint density at radius 3 is 2.66 bits per heavy atom. The van der Waals surface area contributed by atoms with Gasteiger partial charge in [0.25, 0.3) is 0 Å². The Hall–Kier alpha value is -2.37. The number of fused-ring (bicyclic) bond motifs is 1. The number of hydrogen-bond donors (Lipinski definition) is 1. The van der Waals surface area contributed by atoms with Crippen LogP contribution < -0.4 is 10.2 Å². The molecule has 2 aliphatic rings. The Kier molecular flexibility index (Phi) is 5.88. The summed E-state index contributed by atoms with van der Waals surface area (Å²) in [7, 11) is 0. The Morgan fingerprint density at radius 1 is 1.10 bits per heavy atom. The van der Waals surface area contributed by atoms with Gasteiger partial charge in [-0.15, -0.1) is 0 Å². The number of piperazine rings is 1.